The molecule has 1 N–H and O–H groups in total. The Hall–Kier alpha value is -2.46. The Labute approximate surface area is 117 Å². The average Bonchev–Trinajstić information content (AvgIpc) is 2.39. The van der Waals surface area contributed by atoms with Gasteiger partial charge in [0.05, 0.1) is 10.3 Å². The van der Waals surface area contributed by atoms with E-state index in [9.17, 15) is 14.7 Å². The van der Waals surface area contributed by atoms with Crippen molar-refractivity contribution in [2.24, 2.45) is 5.92 Å². The fraction of sp³-hybridized carbons (Fsp3) is 0.357. The molecule has 0 radical (unpaired) electrons. The van der Waals surface area contributed by atoms with Gasteiger partial charge in [-0.15, -0.1) is 0 Å². The SMILES string of the molecule is CC(C)[C@H](C(=O)C=[N+]=N)N(Cc1ccccc1)C(=O)[O-]. The molecule has 0 saturated heterocycles. The fourth-order valence-corrected chi connectivity index (χ4v) is 2.04. The molecule has 1 amide bonds. The number of Topliss-reactive ketones (excluding diaryl/α,β-unsaturated/α-hetero) is 1. The standard InChI is InChI=1S/C14H17N3O3/c1-10(2)13(12(18)8-16-15)17(14(19)20)9-11-6-4-3-5-7-11/h3-8,10,13,15H,9H2,1-2H3/t13-/m1/s1. The summed E-state index contributed by atoms with van der Waals surface area (Å²) in [6.07, 6.45) is -0.592. The van der Waals surface area contributed by atoms with Crippen molar-refractivity contribution in [3.63, 3.8) is 0 Å². The molecule has 6 heteroatoms. The Kier molecular flexibility index (Phi) is 5.62. The summed E-state index contributed by atoms with van der Waals surface area (Å²) in [5.74, 6) is -0.766. The van der Waals surface area contributed by atoms with Crippen LogP contribution >= 0.6 is 0 Å². The van der Waals surface area contributed by atoms with Gasteiger partial charge in [0.2, 0.25) is 0 Å². The first-order valence-corrected chi connectivity index (χ1v) is 6.22. The molecule has 20 heavy (non-hydrogen) atoms. The van der Waals surface area contributed by atoms with Crippen LogP contribution in [0.1, 0.15) is 19.4 Å². The molecule has 0 heterocycles. The van der Waals surface area contributed by atoms with Crippen molar-refractivity contribution in [2.75, 3.05) is 0 Å². The first-order chi connectivity index (χ1) is 9.47. The van der Waals surface area contributed by atoms with Crippen molar-refractivity contribution in [2.45, 2.75) is 26.4 Å². The van der Waals surface area contributed by atoms with Crippen molar-refractivity contribution in [3.8, 4) is 0 Å². The molecule has 0 aliphatic heterocycles. The van der Waals surface area contributed by atoms with Gasteiger partial charge in [-0.25, -0.2) is 0 Å². The maximum Gasteiger partial charge on any atom is 0.374 e. The van der Waals surface area contributed by atoms with Crippen LogP contribution in [-0.4, -0.2) is 33.8 Å². The zero-order valence-electron chi connectivity index (χ0n) is 11.4. The van der Waals surface area contributed by atoms with Crippen LogP contribution in [0.4, 0.5) is 4.79 Å². The molecule has 0 unspecified atom stereocenters. The van der Waals surface area contributed by atoms with Gasteiger partial charge in [0.1, 0.15) is 12.1 Å². The van der Waals surface area contributed by atoms with Crippen molar-refractivity contribution in [1.29, 1.82) is 5.53 Å². The Bertz CT molecular complexity index is 522. The summed E-state index contributed by atoms with van der Waals surface area (Å²) in [4.78, 5) is 27.1. The largest absolute Gasteiger partial charge is 0.530 e. The van der Waals surface area contributed by atoms with E-state index in [1.165, 1.54) is 0 Å². The second kappa shape index (κ2) is 7.21. The van der Waals surface area contributed by atoms with E-state index < -0.39 is 17.9 Å². The summed E-state index contributed by atoms with van der Waals surface area (Å²) in [7, 11) is 0. The van der Waals surface area contributed by atoms with E-state index in [4.69, 9.17) is 5.53 Å². The van der Waals surface area contributed by atoms with Gasteiger partial charge in [0.15, 0.2) is 0 Å². The van der Waals surface area contributed by atoms with Crippen LogP contribution in [0, 0.1) is 11.4 Å². The lowest BCUT2D eigenvalue weighted by Gasteiger charge is -2.33. The monoisotopic (exact) mass is 275 g/mol. The fourth-order valence-electron chi connectivity index (χ4n) is 2.04. The van der Waals surface area contributed by atoms with Crippen molar-refractivity contribution < 1.29 is 19.5 Å². The first kappa shape index (κ1) is 15.6. The summed E-state index contributed by atoms with van der Waals surface area (Å²) < 4.78 is 0. The van der Waals surface area contributed by atoms with E-state index in [-0.39, 0.29) is 12.5 Å². The lowest BCUT2D eigenvalue weighted by molar-refractivity contribution is -0.269. The molecule has 1 aromatic rings. The topological polar surface area (TPSA) is 98.4 Å². The lowest BCUT2D eigenvalue weighted by atomic mass is 9.98. The third-order valence-corrected chi connectivity index (χ3v) is 2.88. The third kappa shape index (κ3) is 4.03. The number of amides is 1. The van der Waals surface area contributed by atoms with Gasteiger partial charge in [-0.05, 0) is 11.5 Å². The zero-order chi connectivity index (χ0) is 15.1. The van der Waals surface area contributed by atoms with Crippen LogP contribution in [0.3, 0.4) is 0 Å². The molecule has 0 fully saturated rings. The minimum atomic E-state index is -1.42. The molecule has 106 valence electrons. The number of nitrogens with zero attached hydrogens (tertiary/aromatic N) is 2. The summed E-state index contributed by atoms with van der Waals surface area (Å²) in [5, 5.41) is 11.3. The van der Waals surface area contributed by atoms with E-state index in [0.29, 0.717) is 0 Å². The molecular formula is C14H17N3O3. The Morgan fingerprint density at radius 1 is 1.35 bits per heavy atom. The van der Waals surface area contributed by atoms with Crippen LogP contribution in [0.5, 0.6) is 0 Å². The normalized spacial score (nSPS) is 11.6. The van der Waals surface area contributed by atoms with Crippen LogP contribution in [0.25, 0.3) is 0 Å². The summed E-state index contributed by atoms with van der Waals surface area (Å²) in [6, 6.07) is 8.05. The quantitative estimate of drug-likeness (QED) is 0.471. The number of carboxylic acid groups (broad SMARTS) is 1. The van der Waals surface area contributed by atoms with Gasteiger partial charge in [0, 0.05) is 6.54 Å². The highest BCUT2D eigenvalue weighted by Crippen LogP contribution is 2.15. The van der Waals surface area contributed by atoms with Gasteiger partial charge >= 0.3 is 6.21 Å². The number of benzene rings is 1. The van der Waals surface area contributed by atoms with Gasteiger partial charge in [0.25, 0.3) is 5.78 Å². The summed E-state index contributed by atoms with van der Waals surface area (Å²) >= 11 is 0. The van der Waals surface area contributed by atoms with Crippen LogP contribution in [0.2, 0.25) is 0 Å². The van der Waals surface area contributed by atoms with Crippen molar-refractivity contribution in [1.82, 2.24) is 4.90 Å². The molecule has 1 aromatic carbocycles. The van der Waals surface area contributed by atoms with Crippen LogP contribution in [0.15, 0.2) is 30.3 Å². The second-order valence-electron chi connectivity index (χ2n) is 4.73. The predicted octanol–water partition coefficient (Wildman–Crippen LogP) is 0.736. The van der Waals surface area contributed by atoms with E-state index >= 15 is 0 Å². The molecule has 6 nitrogen and oxygen atoms in total. The number of carbonyl (C=O) groups excluding carboxylic acids is 2. The molecule has 0 aromatic heterocycles. The summed E-state index contributed by atoms with van der Waals surface area (Å²) in [6.45, 7) is 3.53. The number of nitrogens with one attached hydrogen (secondary N) is 1. The molecule has 0 aliphatic carbocycles. The molecular weight excluding hydrogens is 258 g/mol. The molecule has 0 saturated carbocycles. The van der Waals surface area contributed by atoms with E-state index in [2.05, 4.69) is 4.79 Å². The van der Waals surface area contributed by atoms with Crippen molar-refractivity contribution >= 4 is 18.1 Å². The van der Waals surface area contributed by atoms with Gasteiger partial charge in [-0.1, -0.05) is 44.2 Å². The van der Waals surface area contributed by atoms with E-state index in [1.807, 2.05) is 6.07 Å². The zero-order valence-corrected chi connectivity index (χ0v) is 11.4. The molecule has 0 aliphatic rings. The number of rotatable bonds is 6. The van der Waals surface area contributed by atoms with E-state index in [1.54, 1.807) is 38.1 Å². The summed E-state index contributed by atoms with van der Waals surface area (Å²) in [5.41, 5.74) is 7.47. The van der Waals surface area contributed by atoms with Crippen molar-refractivity contribution in [3.05, 3.63) is 35.9 Å². The first-order valence-electron chi connectivity index (χ1n) is 6.22. The van der Waals surface area contributed by atoms with Crippen LogP contribution in [-0.2, 0) is 11.3 Å². The maximum atomic E-state index is 11.9. The third-order valence-electron chi connectivity index (χ3n) is 2.88. The molecule has 0 bridgehead atoms. The highest BCUT2D eigenvalue weighted by molar-refractivity contribution is 6.28. The number of carbonyl (C=O) groups is 2. The minimum absolute atomic E-state index is 0.0591. The average molecular weight is 275 g/mol. The second-order valence-corrected chi connectivity index (χ2v) is 4.73. The Morgan fingerprint density at radius 3 is 2.40 bits per heavy atom. The highest BCUT2D eigenvalue weighted by atomic mass is 16.4. The Morgan fingerprint density at radius 2 is 1.95 bits per heavy atom. The van der Waals surface area contributed by atoms with E-state index in [0.717, 1.165) is 16.7 Å². The molecule has 1 atom stereocenters. The minimum Gasteiger partial charge on any atom is -0.530 e. The Balaban J connectivity index is 3.06. The predicted molar refractivity (Wildman–Crippen MR) is 70.1 cm³/mol. The molecule has 1 rings (SSSR count). The van der Waals surface area contributed by atoms with Gasteiger partial charge in [-0.2, -0.15) is 0 Å². The number of hydrogen-bond acceptors (Lipinski definition) is 4. The highest BCUT2D eigenvalue weighted by Gasteiger charge is 2.30. The van der Waals surface area contributed by atoms with Gasteiger partial charge in [-0.3, -0.25) is 4.79 Å². The number of ketones is 1. The molecule has 0 spiro atoms. The van der Waals surface area contributed by atoms with Gasteiger partial charge < -0.3 is 14.8 Å². The smallest absolute Gasteiger partial charge is 0.374 e. The lowest BCUT2D eigenvalue weighted by Crippen LogP contribution is -2.52. The number of hydrogen-bond donors (Lipinski definition) is 1. The van der Waals surface area contributed by atoms with Crippen LogP contribution < -0.4 is 5.11 Å². The maximum absolute atomic E-state index is 11.9.